The molecule has 1 atom stereocenters. The summed E-state index contributed by atoms with van der Waals surface area (Å²) in [4.78, 5) is 19.8. The minimum absolute atomic E-state index is 0.00875. The van der Waals surface area contributed by atoms with Crippen LogP contribution in [0, 0.1) is 0 Å². The number of Topliss-reactive ketones (excluding diaryl/α,β-unsaturated/α-hetero) is 1. The molecule has 0 bridgehead atoms. The molecule has 1 aromatic heterocycles. The van der Waals surface area contributed by atoms with Crippen molar-refractivity contribution in [2.75, 3.05) is 6.54 Å². The van der Waals surface area contributed by atoms with Crippen LogP contribution in [-0.4, -0.2) is 28.3 Å². The summed E-state index contributed by atoms with van der Waals surface area (Å²) in [5.41, 5.74) is 1.73. The first kappa shape index (κ1) is 12.6. The second-order valence-corrected chi connectivity index (χ2v) is 5.43. The number of H-pyrrole nitrogens is 1. The van der Waals surface area contributed by atoms with Crippen LogP contribution in [0.2, 0.25) is 5.02 Å². The van der Waals surface area contributed by atoms with Crippen LogP contribution < -0.4 is 5.32 Å². The van der Waals surface area contributed by atoms with E-state index in [9.17, 15) is 4.79 Å². The molecule has 1 fully saturated rings. The number of aromatic amines is 1. The van der Waals surface area contributed by atoms with Gasteiger partial charge < -0.3 is 10.3 Å². The van der Waals surface area contributed by atoms with Crippen molar-refractivity contribution < 1.29 is 4.79 Å². The molecule has 100 valence electrons. The maximum absolute atomic E-state index is 12.2. The lowest BCUT2D eigenvalue weighted by Crippen LogP contribution is -2.41. The summed E-state index contributed by atoms with van der Waals surface area (Å²) < 4.78 is 0. The van der Waals surface area contributed by atoms with Crippen molar-refractivity contribution in [3.05, 3.63) is 29.0 Å². The second-order valence-electron chi connectivity index (χ2n) is 4.99. The number of hydrogen-bond donors (Lipinski definition) is 2. The van der Waals surface area contributed by atoms with E-state index in [4.69, 9.17) is 11.6 Å². The van der Waals surface area contributed by atoms with Gasteiger partial charge in [-0.15, -0.1) is 0 Å². The van der Waals surface area contributed by atoms with E-state index in [1.165, 1.54) is 0 Å². The van der Waals surface area contributed by atoms with Crippen LogP contribution in [0.1, 0.15) is 25.1 Å². The highest BCUT2D eigenvalue weighted by atomic mass is 35.5. The molecule has 4 nitrogen and oxygen atoms in total. The normalized spacial score (nSPS) is 19.7. The van der Waals surface area contributed by atoms with Crippen LogP contribution in [0.15, 0.2) is 18.2 Å². The fourth-order valence-corrected chi connectivity index (χ4v) is 2.71. The first-order valence-corrected chi connectivity index (χ1v) is 7.00. The van der Waals surface area contributed by atoms with Crippen molar-refractivity contribution in [2.45, 2.75) is 31.7 Å². The lowest BCUT2D eigenvalue weighted by Gasteiger charge is -2.21. The number of imidazole rings is 1. The zero-order valence-electron chi connectivity index (χ0n) is 10.6. The molecule has 0 aliphatic carbocycles. The van der Waals surface area contributed by atoms with Gasteiger partial charge in [0, 0.05) is 5.02 Å². The van der Waals surface area contributed by atoms with Crippen LogP contribution in [0.4, 0.5) is 0 Å². The largest absolute Gasteiger partial charge is 0.342 e. The van der Waals surface area contributed by atoms with Crippen LogP contribution >= 0.6 is 11.6 Å². The Morgan fingerprint density at radius 2 is 2.32 bits per heavy atom. The van der Waals surface area contributed by atoms with Crippen molar-refractivity contribution in [3.63, 3.8) is 0 Å². The fraction of sp³-hybridized carbons (Fsp3) is 0.429. The lowest BCUT2D eigenvalue weighted by molar-refractivity contribution is -0.121. The molecular weight excluding hydrogens is 262 g/mol. The molecule has 0 amide bonds. The monoisotopic (exact) mass is 277 g/mol. The molecule has 5 heteroatoms. The van der Waals surface area contributed by atoms with E-state index in [-0.39, 0.29) is 11.8 Å². The Hall–Kier alpha value is -1.39. The first-order valence-electron chi connectivity index (χ1n) is 6.62. The third kappa shape index (κ3) is 2.80. The highest BCUT2D eigenvalue weighted by Crippen LogP contribution is 2.18. The summed E-state index contributed by atoms with van der Waals surface area (Å²) in [5, 5.41) is 3.94. The molecule has 3 rings (SSSR count). The van der Waals surface area contributed by atoms with Gasteiger partial charge in [0.1, 0.15) is 5.82 Å². The van der Waals surface area contributed by atoms with Crippen molar-refractivity contribution in [1.82, 2.24) is 15.3 Å². The number of fused-ring (bicyclic) bond motifs is 1. The van der Waals surface area contributed by atoms with Gasteiger partial charge in [-0.3, -0.25) is 4.79 Å². The molecule has 1 aromatic carbocycles. The zero-order valence-corrected chi connectivity index (χ0v) is 11.3. The smallest absolute Gasteiger partial charge is 0.157 e. The molecule has 19 heavy (non-hydrogen) atoms. The maximum Gasteiger partial charge on any atom is 0.157 e. The third-order valence-electron chi connectivity index (χ3n) is 3.53. The maximum atomic E-state index is 12.2. The van der Waals surface area contributed by atoms with E-state index in [0.29, 0.717) is 11.4 Å². The van der Waals surface area contributed by atoms with Crippen LogP contribution in [0.25, 0.3) is 11.0 Å². The number of carbonyl (C=O) groups excluding carboxylic acids is 1. The number of nitrogens with one attached hydrogen (secondary N) is 2. The molecule has 2 aromatic rings. The Labute approximate surface area is 116 Å². The van der Waals surface area contributed by atoms with Gasteiger partial charge in [-0.25, -0.2) is 4.98 Å². The summed E-state index contributed by atoms with van der Waals surface area (Å²) in [5.74, 6) is 0.930. The topological polar surface area (TPSA) is 57.8 Å². The number of aromatic nitrogens is 2. The predicted molar refractivity (Wildman–Crippen MR) is 75.5 cm³/mol. The molecule has 1 saturated heterocycles. The first-order chi connectivity index (χ1) is 9.22. The Morgan fingerprint density at radius 1 is 1.42 bits per heavy atom. The van der Waals surface area contributed by atoms with E-state index in [1.807, 2.05) is 12.1 Å². The summed E-state index contributed by atoms with van der Waals surface area (Å²) in [6, 6.07) is 5.49. The van der Waals surface area contributed by atoms with Gasteiger partial charge in [0.25, 0.3) is 0 Å². The molecule has 0 spiro atoms. The van der Waals surface area contributed by atoms with Crippen molar-refractivity contribution in [1.29, 1.82) is 0 Å². The Balaban J connectivity index is 1.75. The number of nitrogens with zero attached hydrogens (tertiary/aromatic N) is 1. The van der Waals surface area contributed by atoms with Crippen molar-refractivity contribution in [3.8, 4) is 0 Å². The Kier molecular flexibility index (Phi) is 3.53. The number of rotatable bonds is 3. The number of benzene rings is 1. The van der Waals surface area contributed by atoms with E-state index >= 15 is 0 Å². The SMILES string of the molecule is O=C(Cc1nc2ccc(Cl)cc2[nH]1)[C@@H]1CCCCN1. The second kappa shape index (κ2) is 5.31. The van der Waals surface area contributed by atoms with Gasteiger partial charge in [0.15, 0.2) is 5.78 Å². The lowest BCUT2D eigenvalue weighted by atomic mass is 9.99. The zero-order chi connectivity index (χ0) is 13.2. The summed E-state index contributed by atoms with van der Waals surface area (Å²) in [6.45, 7) is 0.937. The van der Waals surface area contributed by atoms with Gasteiger partial charge in [0.2, 0.25) is 0 Å². The van der Waals surface area contributed by atoms with Crippen LogP contribution in [-0.2, 0) is 11.2 Å². The van der Waals surface area contributed by atoms with Crippen LogP contribution in [0.5, 0.6) is 0 Å². The van der Waals surface area contributed by atoms with E-state index in [0.717, 1.165) is 42.7 Å². The fourth-order valence-electron chi connectivity index (χ4n) is 2.53. The number of ketones is 1. The molecule has 2 N–H and O–H groups in total. The third-order valence-corrected chi connectivity index (χ3v) is 3.77. The molecule has 0 saturated carbocycles. The molecule has 0 radical (unpaired) electrons. The highest BCUT2D eigenvalue weighted by Gasteiger charge is 2.21. The quantitative estimate of drug-likeness (QED) is 0.906. The minimum Gasteiger partial charge on any atom is -0.342 e. The van der Waals surface area contributed by atoms with Gasteiger partial charge in [0.05, 0.1) is 23.5 Å². The summed E-state index contributed by atoms with van der Waals surface area (Å²) in [7, 11) is 0. The predicted octanol–water partition coefficient (Wildman–Crippen LogP) is 2.47. The van der Waals surface area contributed by atoms with Crippen molar-refractivity contribution in [2.24, 2.45) is 0 Å². The van der Waals surface area contributed by atoms with E-state index in [1.54, 1.807) is 6.07 Å². The summed E-state index contributed by atoms with van der Waals surface area (Å²) >= 11 is 5.93. The minimum atomic E-state index is -0.00875. The summed E-state index contributed by atoms with van der Waals surface area (Å²) in [6.07, 6.45) is 3.57. The standard InChI is InChI=1S/C14H16ClN3O/c15-9-4-5-10-12(7-9)18-14(17-10)8-13(19)11-3-1-2-6-16-11/h4-5,7,11,16H,1-3,6,8H2,(H,17,18)/t11-/m0/s1. The van der Waals surface area contributed by atoms with Gasteiger partial charge in [-0.05, 0) is 37.6 Å². The average Bonchev–Trinajstić information content (AvgIpc) is 2.81. The number of carbonyl (C=O) groups is 1. The molecule has 1 aliphatic heterocycles. The Bertz CT molecular complexity index is 602. The molecular formula is C14H16ClN3O. The molecule has 0 unspecified atom stereocenters. The van der Waals surface area contributed by atoms with Crippen LogP contribution in [0.3, 0.4) is 0 Å². The average molecular weight is 278 g/mol. The number of piperidine rings is 1. The van der Waals surface area contributed by atoms with Gasteiger partial charge >= 0.3 is 0 Å². The van der Waals surface area contributed by atoms with Crippen molar-refractivity contribution >= 4 is 28.4 Å². The highest BCUT2D eigenvalue weighted by molar-refractivity contribution is 6.31. The van der Waals surface area contributed by atoms with E-state index in [2.05, 4.69) is 15.3 Å². The number of hydrogen-bond acceptors (Lipinski definition) is 3. The number of halogens is 1. The molecule has 2 heterocycles. The Morgan fingerprint density at radius 3 is 3.11 bits per heavy atom. The van der Waals surface area contributed by atoms with Gasteiger partial charge in [-0.2, -0.15) is 0 Å². The molecule has 1 aliphatic rings. The van der Waals surface area contributed by atoms with E-state index < -0.39 is 0 Å². The van der Waals surface area contributed by atoms with Gasteiger partial charge in [-0.1, -0.05) is 18.0 Å².